The molecule has 3 saturated carbocycles. The molecule has 3 heteroatoms. The quantitative estimate of drug-likeness (QED) is 0.504. The van der Waals surface area contributed by atoms with Gasteiger partial charge in [0.1, 0.15) is 0 Å². The highest BCUT2D eigenvalue weighted by Gasteiger charge is 2.41. The molecule has 0 aliphatic heterocycles. The van der Waals surface area contributed by atoms with Gasteiger partial charge in [-0.15, -0.1) is 0 Å². The van der Waals surface area contributed by atoms with E-state index in [1.165, 1.54) is 77.0 Å². The molecule has 0 aromatic rings. The van der Waals surface area contributed by atoms with Crippen LogP contribution in [0.5, 0.6) is 0 Å². The molecule has 0 aromatic heterocycles. The van der Waals surface area contributed by atoms with Crippen molar-refractivity contribution in [1.29, 1.82) is 0 Å². The molecule has 2 atom stereocenters. The second kappa shape index (κ2) is 11.9. The Morgan fingerprint density at radius 2 is 1.43 bits per heavy atom. The van der Waals surface area contributed by atoms with Crippen LogP contribution >= 0.6 is 0 Å². The molecule has 3 aliphatic rings. The summed E-state index contributed by atoms with van der Waals surface area (Å²) in [5, 5.41) is 13.3. The molecule has 3 fully saturated rings. The van der Waals surface area contributed by atoms with E-state index in [1.54, 1.807) is 0 Å². The first-order valence-electron chi connectivity index (χ1n) is 12.7. The average Bonchev–Trinajstić information content (AvgIpc) is 2.74. The van der Waals surface area contributed by atoms with Crippen molar-refractivity contribution in [3.05, 3.63) is 0 Å². The summed E-state index contributed by atoms with van der Waals surface area (Å²) in [5.74, 6) is 4.56. The molecule has 0 aromatic carbocycles. The van der Waals surface area contributed by atoms with E-state index in [4.69, 9.17) is 4.74 Å². The van der Waals surface area contributed by atoms with Crippen molar-refractivity contribution >= 4 is 0 Å². The van der Waals surface area contributed by atoms with Crippen molar-refractivity contribution in [1.82, 2.24) is 5.32 Å². The summed E-state index contributed by atoms with van der Waals surface area (Å²) in [6.45, 7) is 4.29. The van der Waals surface area contributed by atoms with Gasteiger partial charge in [0.15, 0.2) is 0 Å². The Morgan fingerprint density at radius 1 is 0.821 bits per heavy atom. The Kier molecular flexibility index (Phi) is 9.60. The Bertz CT molecular complexity index is 407. The smallest absolute Gasteiger partial charge is 0.0594 e. The van der Waals surface area contributed by atoms with Gasteiger partial charge in [0.2, 0.25) is 0 Å². The van der Waals surface area contributed by atoms with Gasteiger partial charge in [-0.1, -0.05) is 45.4 Å². The Hall–Kier alpha value is -0.120. The van der Waals surface area contributed by atoms with E-state index in [1.807, 2.05) is 7.05 Å². The lowest BCUT2D eigenvalue weighted by Crippen LogP contribution is -2.39. The molecule has 0 amide bonds. The maximum absolute atomic E-state index is 10.1. The highest BCUT2D eigenvalue weighted by atomic mass is 16.5. The van der Waals surface area contributed by atoms with Crippen LogP contribution in [0.2, 0.25) is 0 Å². The highest BCUT2D eigenvalue weighted by molar-refractivity contribution is 4.91. The first-order valence-corrected chi connectivity index (χ1v) is 12.7. The summed E-state index contributed by atoms with van der Waals surface area (Å²) in [5.41, 5.74) is 0. The van der Waals surface area contributed by atoms with Crippen molar-refractivity contribution in [2.75, 3.05) is 20.2 Å². The molecule has 3 aliphatic carbocycles. The van der Waals surface area contributed by atoms with Crippen LogP contribution in [0.3, 0.4) is 0 Å². The zero-order valence-electron chi connectivity index (χ0n) is 18.7. The maximum Gasteiger partial charge on any atom is 0.0594 e. The molecule has 0 heterocycles. The molecular formula is C25H47NO2. The van der Waals surface area contributed by atoms with Crippen molar-refractivity contribution in [2.24, 2.45) is 29.6 Å². The van der Waals surface area contributed by atoms with Crippen LogP contribution in [0.25, 0.3) is 0 Å². The summed E-state index contributed by atoms with van der Waals surface area (Å²) in [7, 11) is 2.00. The van der Waals surface area contributed by atoms with Crippen LogP contribution in [0.4, 0.5) is 0 Å². The standard InChI is InChI=1S/C25H47NO2/c1-3-24(19-7-5-4-6-8-19)25(20-9-13-22(27)14-10-20)21-11-15-23(16-12-21)28-18-17-26-2/h19-27H,3-18H2,1-2H3. The van der Waals surface area contributed by atoms with Gasteiger partial charge in [-0.3, -0.25) is 0 Å². The number of aliphatic hydroxyl groups excluding tert-OH is 1. The third-order valence-electron chi connectivity index (χ3n) is 8.48. The number of nitrogens with one attached hydrogen (secondary N) is 1. The number of hydrogen-bond donors (Lipinski definition) is 2. The molecule has 2 N–H and O–H groups in total. The zero-order valence-corrected chi connectivity index (χ0v) is 18.7. The second-order valence-electron chi connectivity index (χ2n) is 10.1. The summed E-state index contributed by atoms with van der Waals surface area (Å²) in [4.78, 5) is 0. The van der Waals surface area contributed by atoms with Gasteiger partial charge in [-0.25, -0.2) is 0 Å². The monoisotopic (exact) mass is 393 g/mol. The third kappa shape index (κ3) is 6.19. The van der Waals surface area contributed by atoms with Crippen molar-refractivity contribution in [3.8, 4) is 0 Å². The fourth-order valence-corrected chi connectivity index (χ4v) is 7.02. The molecule has 164 valence electrons. The molecule has 0 spiro atoms. The van der Waals surface area contributed by atoms with Crippen molar-refractivity contribution < 1.29 is 9.84 Å². The minimum Gasteiger partial charge on any atom is -0.393 e. The lowest BCUT2D eigenvalue weighted by Gasteiger charge is -2.47. The molecule has 28 heavy (non-hydrogen) atoms. The number of likely N-dealkylation sites (N-methyl/N-ethyl adjacent to an activating group) is 1. The van der Waals surface area contributed by atoms with Crippen LogP contribution in [-0.4, -0.2) is 37.5 Å². The van der Waals surface area contributed by atoms with E-state index in [-0.39, 0.29) is 6.10 Å². The fraction of sp³-hybridized carbons (Fsp3) is 1.00. The van der Waals surface area contributed by atoms with Gasteiger partial charge < -0.3 is 15.2 Å². The van der Waals surface area contributed by atoms with E-state index >= 15 is 0 Å². The summed E-state index contributed by atoms with van der Waals surface area (Å²) >= 11 is 0. The highest BCUT2D eigenvalue weighted by Crippen LogP contribution is 2.49. The molecule has 0 radical (unpaired) electrons. The normalized spacial score (nSPS) is 34.8. The number of ether oxygens (including phenoxy) is 1. The van der Waals surface area contributed by atoms with Crippen molar-refractivity contribution in [3.63, 3.8) is 0 Å². The summed E-state index contributed by atoms with van der Waals surface area (Å²) in [6, 6.07) is 0. The van der Waals surface area contributed by atoms with E-state index in [2.05, 4.69) is 12.2 Å². The van der Waals surface area contributed by atoms with E-state index < -0.39 is 0 Å². The largest absolute Gasteiger partial charge is 0.393 e. The average molecular weight is 394 g/mol. The van der Waals surface area contributed by atoms with Crippen LogP contribution in [0.1, 0.15) is 96.8 Å². The minimum absolute atomic E-state index is 0.0250. The molecule has 2 unspecified atom stereocenters. The van der Waals surface area contributed by atoms with E-state index in [9.17, 15) is 5.11 Å². The SMILES string of the molecule is CCC(C1CCCCC1)C(C1CCC(O)CC1)C1CCC(OCCNC)CC1. The molecular weight excluding hydrogens is 346 g/mol. The lowest BCUT2D eigenvalue weighted by molar-refractivity contribution is -0.0207. The molecule has 0 saturated heterocycles. The first kappa shape index (κ1) is 22.6. The van der Waals surface area contributed by atoms with Crippen LogP contribution in [0, 0.1) is 29.6 Å². The van der Waals surface area contributed by atoms with Gasteiger partial charge in [0, 0.05) is 6.54 Å². The predicted molar refractivity (Wildman–Crippen MR) is 117 cm³/mol. The molecule has 3 nitrogen and oxygen atoms in total. The number of rotatable bonds is 9. The zero-order chi connectivity index (χ0) is 19.8. The predicted octanol–water partition coefficient (Wildman–Crippen LogP) is 5.56. The fourth-order valence-electron chi connectivity index (χ4n) is 7.02. The van der Waals surface area contributed by atoms with E-state index in [0.29, 0.717) is 6.10 Å². The minimum atomic E-state index is -0.0250. The van der Waals surface area contributed by atoms with Crippen LogP contribution in [0.15, 0.2) is 0 Å². The van der Waals surface area contributed by atoms with Crippen LogP contribution in [-0.2, 0) is 4.74 Å². The van der Waals surface area contributed by atoms with Gasteiger partial charge >= 0.3 is 0 Å². The summed E-state index contributed by atoms with van der Waals surface area (Å²) in [6.07, 6.45) is 19.1. The Labute approximate surface area is 174 Å². The Balaban J connectivity index is 1.64. The van der Waals surface area contributed by atoms with Crippen LogP contribution < -0.4 is 5.32 Å². The van der Waals surface area contributed by atoms with Gasteiger partial charge in [-0.05, 0) is 88.0 Å². The van der Waals surface area contributed by atoms with Crippen molar-refractivity contribution in [2.45, 2.75) is 109 Å². The maximum atomic E-state index is 10.1. The van der Waals surface area contributed by atoms with Gasteiger partial charge in [0.05, 0.1) is 18.8 Å². The summed E-state index contributed by atoms with van der Waals surface area (Å²) < 4.78 is 6.12. The first-order chi connectivity index (χ1) is 13.7. The van der Waals surface area contributed by atoms with E-state index in [0.717, 1.165) is 55.6 Å². The topological polar surface area (TPSA) is 41.5 Å². The Morgan fingerprint density at radius 3 is 2.00 bits per heavy atom. The molecule has 0 bridgehead atoms. The molecule has 3 rings (SSSR count). The number of aliphatic hydroxyl groups is 1. The third-order valence-corrected chi connectivity index (χ3v) is 8.48. The van der Waals surface area contributed by atoms with Gasteiger partial charge in [-0.2, -0.15) is 0 Å². The lowest BCUT2D eigenvalue weighted by atomic mass is 9.59. The van der Waals surface area contributed by atoms with Gasteiger partial charge in [0.25, 0.3) is 0 Å². The number of hydrogen-bond acceptors (Lipinski definition) is 3. The second-order valence-corrected chi connectivity index (χ2v) is 10.1.